The van der Waals surface area contributed by atoms with E-state index in [0.29, 0.717) is 56.4 Å². The number of piperazine rings is 1. The van der Waals surface area contributed by atoms with Crippen LogP contribution in [0.3, 0.4) is 0 Å². The Bertz CT molecular complexity index is 766. The lowest BCUT2D eigenvalue weighted by molar-refractivity contribution is -0.117. The normalized spacial score (nSPS) is 15.2. The predicted molar refractivity (Wildman–Crippen MR) is 97.1 cm³/mol. The fourth-order valence-corrected chi connectivity index (χ4v) is 3.52. The van der Waals surface area contributed by atoms with E-state index < -0.39 is 0 Å². The maximum atomic E-state index is 12.5. The third-order valence-corrected chi connectivity index (χ3v) is 4.96. The fourth-order valence-electron chi connectivity index (χ4n) is 2.73. The molecule has 0 spiro atoms. The van der Waals surface area contributed by atoms with E-state index in [1.807, 2.05) is 4.90 Å². The Balaban J connectivity index is 1.45. The van der Waals surface area contributed by atoms with Crippen molar-refractivity contribution in [2.24, 2.45) is 5.73 Å². The Kier molecular flexibility index (Phi) is 5.96. The van der Waals surface area contributed by atoms with E-state index >= 15 is 0 Å². The number of rotatable bonds is 6. The van der Waals surface area contributed by atoms with Crippen molar-refractivity contribution in [1.82, 2.24) is 19.9 Å². The predicted octanol–water partition coefficient (Wildman–Crippen LogP) is 0.337. The lowest BCUT2D eigenvalue weighted by Crippen LogP contribution is -2.50. The molecule has 0 saturated carbocycles. The summed E-state index contributed by atoms with van der Waals surface area (Å²) in [6.07, 6.45) is 0.686. The van der Waals surface area contributed by atoms with Crippen molar-refractivity contribution in [1.29, 1.82) is 0 Å². The number of nitrogens with zero attached hydrogens (tertiary/aromatic N) is 4. The highest BCUT2D eigenvalue weighted by Crippen LogP contribution is 2.14. The summed E-state index contributed by atoms with van der Waals surface area (Å²) in [6.45, 7) is 4.95. The lowest BCUT2D eigenvalue weighted by Gasteiger charge is -2.33. The van der Waals surface area contributed by atoms with Gasteiger partial charge < -0.3 is 20.5 Å². The Morgan fingerprint density at radius 2 is 2.12 bits per heavy atom. The van der Waals surface area contributed by atoms with E-state index in [1.54, 1.807) is 23.3 Å². The topological polar surface area (TPSA) is 118 Å². The van der Waals surface area contributed by atoms with Crippen molar-refractivity contribution in [2.75, 3.05) is 44.6 Å². The molecule has 1 aliphatic rings. The number of anilines is 1. The average Bonchev–Trinajstić information content (AvgIpc) is 3.24. The highest BCUT2D eigenvalue weighted by Gasteiger charge is 2.25. The van der Waals surface area contributed by atoms with Gasteiger partial charge in [0.2, 0.25) is 5.91 Å². The van der Waals surface area contributed by atoms with E-state index in [2.05, 4.69) is 15.5 Å². The second-order valence-electron chi connectivity index (χ2n) is 6.10. The van der Waals surface area contributed by atoms with Crippen molar-refractivity contribution in [3.05, 3.63) is 27.9 Å². The van der Waals surface area contributed by atoms with E-state index in [0.717, 1.165) is 5.01 Å². The van der Waals surface area contributed by atoms with Gasteiger partial charge >= 0.3 is 0 Å². The van der Waals surface area contributed by atoms with Crippen LogP contribution in [0.25, 0.3) is 0 Å². The molecule has 1 saturated heterocycles. The van der Waals surface area contributed by atoms with Gasteiger partial charge in [-0.05, 0) is 13.5 Å². The quantitative estimate of drug-likeness (QED) is 0.744. The van der Waals surface area contributed by atoms with Crippen molar-refractivity contribution in [3.8, 4) is 0 Å². The molecule has 9 nitrogen and oxygen atoms in total. The average molecular weight is 378 g/mol. The number of thiazole rings is 1. The molecule has 140 valence electrons. The van der Waals surface area contributed by atoms with Crippen molar-refractivity contribution in [2.45, 2.75) is 13.3 Å². The molecular formula is C16H22N6O3S. The van der Waals surface area contributed by atoms with Gasteiger partial charge in [0.1, 0.15) is 11.5 Å². The lowest BCUT2D eigenvalue weighted by atomic mass is 10.3. The number of nitrogens with one attached hydrogen (secondary N) is 1. The summed E-state index contributed by atoms with van der Waals surface area (Å²) < 4.78 is 4.92. The van der Waals surface area contributed by atoms with Crippen LogP contribution in [0.1, 0.15) is 21.3 Å². The summed E-state index contributed by atoms with van der Waals surface area (Å²) in [7, 11) is 0. The molecule has 2 aromatic rings. The van der Waals surface area contributed by atoms with E-state index in [1.165, 1.54) is 11.3 Å². The SMILES string of the molecule is Cc1cc(NC(=O)CN2CCN(C(=O)c3csc(CCN)n3)CC2)no1. The minimum atomic E-state index is -0.149. The van der Waals surface area contributed by atoms with Crippen LogP contribution in [0, 0.1) is 6.92 Å². The summed E-state index contributed by atoms with van der Waals surface area (Å²) >= 11 is 1.46. The zero-order valence-electron chi connectivity index (χ0n) is 14.6. The Labute approximate surface area is 155 Å². The first-order valence-electron chi connectivity index (χ1n) is 8.44. The molecule has 10 heteroatoms. The number of carbonyl (C=O) groups excluding carboxylic acids is 2. The van der Waals surface area contributed by atoms with Crippen molar-refractivity contribution >= 4 is 29.0 Å². The smallest absolute Gasteiger partial charge is 0.273 e. The number of hydrogen-bond acceptors (Lipinski definition) is 8. The van der Waals surface area contributed by atoms with Gasteiger partial charge in [-0.1, -0.05) is 5.16 Å². The van der Waals surface area contributed by atoms with E-state index in [-0.39, 0.29) is 18.4 Å². The van der Waals surface area contributed by atoms with Crippen LogP contribution in [-0.4, -0.2) is 71.0 Å². The van der Waals surface area contributed by atoms with Crippen LogP contribution in [0.5, 0.6) is 0 Å². The summed E-state index contributed by atoms with van der Waals surface area (Å²) in [6, 6.07) is 1.67. The van der Waals surface area contributed by atoms with Crippen molar-refractivity contribution < 1.29 is 14.1 Å². The molecule has 0 radical (unpaired) electrons. The fraction of sp³-hybridized carbons (Fsp3) is 0.500. The molecule has 0 aromatic carbocycles. The van der Waals surface area contributed by atoms with Crippen LogP contribution in [-0.2, 0) is 11.2 Å². The van der Waals surface area contributed by atoms with Gasteiger partial charge in [0, 0.05) is 44.0 Å². The zero-order chi connectivity index (χ0) is 18.5. The summed E-state index contributed by atoms with van der Waals surface area (Å²) in [5.74, 6) is 0.845. The van der Waals surface area contributed by atoms with Gasteiger partial charge in [0.05, 0.1) is 11.6 Å². The van der Waals surface area contributed by atoms with Gasteiger partial charge in [-0.15, -0.1) is 11.3 Å². The molecule has 1 fully saturated rings. The van der Waals surface area contributed by atoms with Crippen molar-refractivity contribution in [3.63, 3.8) is 0 Å². The third-order valence-electron chi connectivity index (χ3n) is 4.05. The largest absolute Gasteiger partial charge is 0.360 e. The molecule has 3 N–H and O–H groups in total. The van der Waals surface area contributed by atoms with Crippen LogP contribution in [0.15, 0.2) is 16.0 Å². The first-order chi connectivity index (χ1) is 12.5. The number of aromatic nitrogens is 2. The minimum Gasteiger partial charge on any atom is -0.360 e. The third kappa shape index (κ3) is 4.65. The van der Waals surface area contributed by atoms with Crippen LogP contribution in [0.2, 0.25) is 0 Å². The first-order valence-corrected chi connectivity index (χ1v) is 9.32. The van der Waals surface area contributed by atoms with Crippen LogP contribution < -0.4 is 11.1 Å². The summed E-state index contributed by atoms with van der Waals surface area (Å²) in [5.41, 5.74) is 6.00. The standard InChI is InChI=1S/C16H22N6O3S/c1-11-8-13(20-25-11)19-14(23)9-21-4-6-22(7-5-21)16(24)12-10-26-15(18-12)2-3-17/h8,10H,2-7,9,17H2,1H3,(H,19,20,23). The van der Waals surface area contributed by atoms with Gasteiger partial charge in [-0.3, -0.25) is 14.5 Å². The van der Waals surface area contributed by atoms with Gasteiger partial charge in [-0.25, -0.2) is 4.98 Å². The molecule has 3 rings (SSSR count). The number of nitrogens with two attached hydrogens (primary N) is 1. The molecule has 2 amide bonds. The Morgan fingerprint density at radius 1 is 1.35 bits per heavy atom. The van der Waals surface area contributed by atoms with E-state index in [9.17, 15) is 9.59 Å². The number of hydrogen-bond donors (Lipinski definition) is 2. The molecule has 1 aliphatic heterocycles. The second-order valence-corrected chi connectivity index (χ2v) is 7.05. The highest BCUT2D eigenvalue weighted by molar-refractivity contribution is 7.09. The van der Waals surface area contributed by atoms with Crippen LogP contribution in [0.4, 0.5) is 5.82 Å². The van der Waals surface area contributed by atoms with Gasteiger partial charge in [0.15, 0.2) is 5.82 Å². The van der Waals surface area contributed by atoms with Gasteiger partial charge in [-0.2, -0.15) is 0 Å². The molecule has 0 unspecified atom stereocenters. The molecule has 0 aliphatic carbocycles. The minimum absolute atomic E-state index is 0.0632. The number of carbonyl (C=O) groups is 2. The number of aryl methyl sites for hydroxylation is 1. The second kappa shape index (κ2) is 8.39. The molecular weight excluding hydrogens is 356 g/mol. The molecule has 3 heterocycles. The zero-order valence-corrected chi connectivity index (χ0v) is 15.4. The molecule has 26 heavy (non-hydrogen) atoms. The van der Waals surface area contributed by atoms with Crippen LogP contribution >= 0.6 is 11.3 Å². The van der Waals surface area contributed by atoms with Gasteiger partial charge in [0.25, 0.3) is 5.91 Å². The molecule has 2 aromatic heterocycles. The van der Waals surface area contributed by atoms with E-state index in [4.69, 9.17) is 10.3 Å². The first kappa shape index (κ1) is 18.5. The highest BCUT2D eigenvalue weighted by atomic mass is 32.1. The number of amides is 2. The molecule has 0 atom stereocenters. The summed E-state index contributed by atoms with van der Waals surface area (Å²) in [5, 5.41) is 9.11. The maximum Gasteiger partial charge on any atom is 0.273 e. The summed E-state index contributed by atoms with van der Waals surface area (Å²) in [4.78, 5) is 32.7. The molecule has 0 bridgehead atoms. The Hall–Kier alpha value is -2.30. The Morgan fingerprint density at radius 3 is 2.77 bits per heavy atom. The monoisotopic (exact) mass is 378 g/mol. The maximum absolute atomic E-state index is 12.5.